The maximum atomic E-state index is 9.41. The van der Waals surface area contributed by atoms with E-state index in [-0.39, 0.29) is 11.3 Å². The Kier molecular flexibility index (Phi) is 3.01. The topological polar surface area (TPSA) is 55.5 Å². The molecule has 1 rings (SSSR count). The number of phenols is 1. The number of hydrogen-bond donors (Lipinski definition) is 2. The molecule has 0 fully saturated rings. The molecule has 3 N–H and O–H groups in total. The average molecular weight is 195 g/mol. The van der Waals surface area contributed by atoms with Gasteiger partial charge in [-0.2, -0.15) is 0 Å². The molecule has 78 valence electrons. The van der Waals surface area contributed by atoms with Crippen LogP contribution in [0.25, 0.3) is 0 Å². The summed E-state index contributed by atoms with van der Waals surface area (Å²) in [5.74, 6) is 0.607. The lowest BCUT2D eigenvalue weighted by molar-refractivity contribution is 0.370. The molecule has 0 aliphatic carbocycles. The highest BCUT2D eigenvalue weighted by Gasteiger charge is 2.19. The van der Waals surface area contributed by atoms with E-state index in [1.165, 1.54) is 7.11 Å². The molecule has 0 aromatic heterocycles. The molecule has 1 aromatic carbocycles. The fourth-order valence-corrected chi connectivity index (χ4v) is 1.24. The molecule has 3 heteroatoms. The summed E-state index contributed by atoms with van der Waals surface area (Å²) in [7, 11) is 1.53. The van der Waals surface area contributed by atoms with E-state index in [0.717, 1.165) is 12.0 Å². The van der Waals surface area contributed by atoms with Crippen molar-refractivity contribution in [1.82, 2.24) is 0 Å². The number of methoxy groups -OCH3 is 1. The van der Waals surface area contributed by atoms with Crippen LogP contribution in [-0.2, 0) is 5.54 Å². The molecule has 0 radical (unpaired) electrons. The highest BCUT2D eigenvalue weighted by molar-refractivity contribution is 5.43. The summed E-state index contributed by atoms with van der Waals surface area (Å²) in [4.78, 5) is 0. The Hall–Kier alpha value is -1.22. The highest BCUT2D eigenvalue weighted by atomic mass is 16.5. The van der Waals surface area contributed by atoms with Gasteiger partial charge in [0.25, 0.3) is 0 Å². The second kappa shape index (κ2) is 3.88. The second-order valence-electron chi connectivity index (χ2n) is 3.66. The Bertz CT molecular complexity index is 321. The number of aromatic hydroxyl groups is 1. The molecule has 0 spiro atoms. The van der Waals surface area contributed by atoms with Crippen molar-refractivity contribution in [2.45, 2.75) is 25.8 Å². The minimum Gasteiger partial charge on any atom is -0.504 e. The molecule has 0 saturated carbocycles. The van der Waals surface area contributed by atoms with Crippen molar-refractivity contribution in [3.63, 3.8) is 0 Å². The third-order valence-corrected chi connectivity index (χ3v) is 2.57. The van der Waals surface area contributed by atoms with Crippen molar-refractivity contribution < 1.29 is 9.84 Å². The fourth-order valence-electron chi connectivity index (χ4n) is 1.24. The fraction of sp³-hybridized carbons (Fsp3) is 0.455. The smallest absolute Gasteiger partial charge is 0.160 e. The molecule has 0 saturated heterocycles. The molecule has 3 nitrogen and oxygen atoms in total. The zero-order chi connectivity index (χ0) is 10.8. The summed E-state index contributed by atoms with van der Waals surface area (Å²) in [5.41, 5.74) is 6.67. The standard InChI is InChI=1S/C11H17NO2/c1-4-11(2,12)8-5-6-9(13)10(7-8)14-3/h5-7,13H,4,12H2,1-3H3/t11-/m0/s1. The van der Waals surface area contributed by atoms with Gasteiger partial charge < -0.3 is 15.6 Å². The van der Waals surface area contributed by atoms with Gasteiger partial charge in [0.05, 0.1) is 7.11 Å². The third kappa shape index (κ3) is 1.99. The van der Waals surface area contributed by atoms with Crippen LogP contribution in [0.15, 0.2) is 18.2 Å². The predicted octanol–water partition coefficient (Wildman–Crippen LogP) is 1.98. The largest absolute Gasteiger partial charge is 0.504 e. The summed E-state index contributed by atoms with van der Waals surface area (Å²) < 4.78 is 5.02. The van der Waals surface area contributed by atoms with Gasteiger partial charge in [-0.1, -0.05) is 13.0 Å². The zero-order valence-corrected chi connectivity index (χ0v) is 8.87. The SMILES string of the molecule is CC[C@](C)(N)c1ccc(O)c(OC)c1. The van der Waals surface area contributed by atoms with Crippen LogP contribution in [0.3, 0.4) is 0 Å². The number of benzene rings is 1. The van der Waals surface area contributed by atoms with Crippen LogP contribution in [0.2, 0.25) is 0 Å². The molecule has 14 heavy (non-hydrogen) atoms. The summed E-state index contributed by atoms with van der Waals surface area (Å²) in [6.07, 6.45) is 0.834. The minimum absolute atomic E-state index is 0.142. The van der Waals surface area contributed by atoms with Crippen LogP contribution >= 0.6 is 0 Å². The maximum absolute atomic E-state index is 9.41. The lowest BCUT2D eigenvalue weighted by atomic mass is 9.90. The molecule has 1 atom stereocenters. The van der Waals surface area contributed by atoms with Crippen molar-refractivity contribution in [1.29, 1.82) is 0 Å². The Morgan fingerprint density at radius 2 is 2.14 bits per heavy atom. The van der Waals surface area contributed by atoms with E-state index in [4.69, 9.17) is 10.5 Å². The summed E-state index contributed by atoms with van der Waals surface area (Å²) in [5, 5.41) is 9.41. The lowest BCUT2D eigenvalue weighted by Gasteiger charge is -2.23. The van der Waals surface area contributed by atoms with Gasteiger partial charge in [0.15, 0.2) is 11.5 Å². The van der Waals surface area contributed by atoms with Crippen molar-refractivity contribution >= 4 is 0 Å². The molecule has 0 aliphatic heterocycles. The minimum atomic E-state index is -0.374. The quantitative estimate of drug-likeness (QED) is 0.775. The van der Waals surface area contributed by atoms with Gasteiger partial charge in [0.1, 0.15) is 0 Å². The van der Waals surface area contributed by atoms with Gasteiger partial charge in [-0.25, -0.2) is 0 Å². The number of ether oxygens (including phenoxy) is 1. The number of phenolic OH excluding ortho intramolecular Hbond substituents is 1. The summed E-state index contributed by atoms with van der Waals surface area (Å²) >= 11 is 0. The number of hydrogen-bond acceptors (Lipinski definition) is 3. The number of rotatable bonds is 3. The monoisotopic (exact) mass is 195 g/mol. The van der Waals surface area contributed by atoms with Gasteiger partial charge in [-0.05, 0) is 31.0 Å². The van der Waals surface area contributed by atoms with Crippen LogP contribution < -0.4 is 10.5 Å². The molecule has 0 aliphatic rings. The van der Waals surface area contributed by atoms with Crippen LogP contribution in [0.5, 0.6) is 11.5 Å². The maximum Gasteiger partial charge on any atom is 0.160 e. The van der Waals surface area contributed by atoms with Crippen LogP contribution in [-0.4, -0.2) is 12.2 Å². The normalized spacial score (nSPS) is 14.9. The molecule has 0 heterocycles. The van der Waals surface area contributed by atoms with E-state index in [0.29, 0.717) is 5.75 Å². The van der Waals surface area contributed by atoms with Crippen molar-refractivity contribution in [3.05, 3.63) is 23.8 Å². The third-order valence-electron chi connectivity index (χ3n) is 2.57. The lowest BCUT2D eigenvalue weighted by Crippen LogP contribution is -2.31. The van der Waals surface area contributed by atoms with Crippen molar-refractivity contribution in [3.8, 4) is 11.5 Å². The molecule has 1 aromatic rings. The first-order chi connectivity index (χ1) is 6.51. The van der Waals surface area contributed by atoms with Crippen LogP contribution in [0, 0.1) is 0 Å². The molecule has 0 unspecified atom stereocenters. The van der Waals surface area contributed by atoms with Crippen LogP contribution in [0.4, 0.5) is 0 Å². The van der Waals surface area contributed by atoms with Gasteiger partial charge in [-0.15, -0.1) is 0 Å². The zero-order valence-electron chi connectivity index (χ0n) is 8.87. The van der Waals surface area contributed by atoms with E-state index in [9.17, 15) is 5.11 Å². The van der Waals surface area contributed by atoms with Gasteiger partial charge in [0, 0.05) is 5.54 Å². The van der Waals surface area contributed by atoms with E-state index >= 15 is 0 Å². The Morgan fingerprint density at radius 1 is 1.50 bits per heavy atom. The molecule has 0 amide bonds. The molecular weight excluding hydrogens is 178 g/mol. The first-order valence-corrected chi connectivity index (χ1v) is 4.67. The van der Waals surface area contributed by atoms with Gasteiger partial charge in [0.2, 0.25) is 0 Å². The summed E-state index contributed by atoms with van der Waals surface area (Å²) in [6, 6.07) is 5.20. The average Bonchev–Trinajstić information content (AvgIpc) is 2.18. The van der Waals surface area contributed by atoms with Crippen molar-refractivity contribution in [2.75, 3.05) is 7.11 Å². The molecule has 0 bridgehead atoms. The number of nitrogens with two attached hydrogens (primary N) is 1. The van der Waals surface area contributed by atoms with Crippen LogP contribution in [0.1, 0.15) is 25.8 Å². The van der Waals surface area contributed by atoms with Gasteiger partial charge in [-0.3, -0.25) is 0 Å². The highest BCUT2D eigenvalue weighted by Crippen LogP contribution is 2.31. The Labute approximate surface area is 84.5 Å². The first kappa shape index (κ1) is 10.9. The predicted molar refractivity (Wildman–Crippen MR) is 56.5 cm³/mol. The first-order valence-electron chi connectivity index (χ1n) is 4.67. The summed E-state index contributed by atoms with van der Waals surface area (Å²) in [6.45, 7) is 3.98. The second-order valence-corrected chi connectivity index (χ2v) is 3.66. The van der Waals surface area contributed by atoms with E-state index in [2.05, 4.69) is 0 Å². The van der Waals surface area contributed by atoms with Gasteiger partial charge >= 0.3 is 0 Å². The van der Waals surface area contributed by atoms with E-state index in [1.54, 1.807) is 12.1 Å². The molecular formula is C11H17NO2. The van der Waals surface area contributed by atoms with Crippen molar-refractivity contribution in [2.24, 2.45) is 5.73 Å². The Morgan fingerprint density at radius 3 is 2.64 bits per heavy atom. The van der Waals surface area contributed by atoms with E-state index < -0.39 is 0 Å². The van der Waals surface area contributed by atoms with E-state index in [1.807, 2.05) is 19.9 Å². The Balaban J connectivity index is 3.12.